The third-order valence-corrected chi connectivity index (χ3v) is 3.12. The molecule has 1 atom stereocenters. The van der Waals surface area contributed by atoms with Crippen LogP contribution in [-0.2, 0) is 5.41 Å². The number of nitrogens with one attached hydrogen (secondary N) is 1. The van der Waals surface area contributed by atoms with Gasteiger partial charge in [0.2, 0.25) is 0 Å². The van der Waals surface area contributed by atoms with Crippen LogP contribution in [0.4, 0.5) is 5.82 Å². The molecule has 1 aromatic heterocycles. The summed E-state index contributed by atoms with van der Waals surface area (Å²) in [7, 11) is 0. The third-order valence-electron chi connectivity index (χ3n) is 2.92. The number of rotatable bonds is 4. The van der Waals surface area contributed by atoms with E-state index in [2.05, 4.69) is 15.3 Å². The summed E-state index contributed by atoms with van der Waals surface area (Å²) in [5.41, 5.74) is -0.560. The Morgan fingerprint density at radius 3 is 2.33 bits per heavy atom. The van der Waals surface area contributed by atoms with Gasteiger partial charge in [-0.25, -0.2) is 9.97 Å². The van der Waals surface area contributed by atoms with Crippen molar-refractivity contribution in [2.24, 2.45) is 0 Å². The van der Waals surface area contributed by atoms with E-state index in [4.69, 9.17) is 11.6 Å². The third kappa shape index (κ3) is 3.82. The average Bonchev–Trinajstić information content (AvgIpc) is 2.27. The molecule has 18 heavy (non-hydrogen) atoms. The smallest absolute Gasteiger partial charge is 0.137 e. The van der Waals surface area contributed by atoms with Gasteiger partial charge in [0.1, 0.15) is 16.8 Å². The first-order chi connectivity index (χ1) is 8.20. The van der Waals surface area contributed by atoms with Gasteiger partial charge in [0.25, 0.3) is 0 Å². The number of aliphatic hydroxyl groups excluding tert-OH is 1. The molecule has 0 aromatic carbocycles. The zero-order chi connectivity index (χ0) is 14.0. The Morgan fingerprint density at radius 1 is 1.28 bits per heavy atom. The molecule has 0 spiro atoms. The van der Waals surface area contributed by atoms with Crippen LogP contribution < -0.4 is 5.32 Å². The molecule has 1 unspecified atom stereocenters. The molecule has 4 nitrogen and oxygen atoms in total. The van der Waals surface area contributed by atoms with E-state index in [0.717, 1.165) is 6.42 Å². The fourth-order valence-corrected chi connectivity index (χ4v) is 1.55. The van der Waals surface area contributed by atoms with Crippen molar-refractivity contribution in [3.63, 3.8) is 0 Å². The van der Waals surface area contributed by atoms with E-state index in [1.807, 2.05) is 34.6 Å². The zero-order valence-electron chi connectivity index (χ0n) is 11.7. The minimum absolute atomic E-state index is 0.0377. The highest BCUT2D eigenvalue weighted by molar-refractivity contribution is 6.29. The van der Waals surface area contributed by atoms with Crippen molar-refractivity contribution >= 4 is 17.4 Å². The Hall–Kier alpha value is -0.870. The first-order valence-electron chi connectivity index (χ1n) is 6.14. The van der Waals surface area contributed by atoms with Crippen LogP contribution in [0.5, 0.6) is 0 Å². The summed E-state index contributed by atoms with van der Waals surface area (Å²) in [4.78, 5) is 8.71. The van der Waals surface area contributed by atoms with E-state index in [1.165, 1.54) is 0 Å². The average molecular weight is 272 g/mol. The van der Waals surface area contributed by atoms with E-state index in [0.29, 0.717) is 16.8 Å². The van der Waals surface area contributed by atoms with Gasteiger partial charge in [0.15, 0.2) is 0 Å². The summed E-state index contributed by atoms with van der Waals surface area (Å²) >= 11 is 6.02. The van der Waals surface area contributed by atoms with Crippen molar-refractivity contribution in [2.45, 2.75) is 52.0 Å². The van der Waals surface area contributed by atoms with Crippen LogP contribution in [-0.4, -0.2) is 27.2 Å². The number of nitrogens with zero attached hydrogens (tertiary/aromatic N) is 2. The molecule has 0 saturated heterocycles. The van der Waals surface area contributed by atoms with Crippen molar-refractivity contribution in [3.05, 3.63) is 17.0 Å². The Morgan fingerprint density at radius 2 is 1.89 bits per heavy atom. The number of anilines is 1. The number of aliphatic hydroxyl groups is 1. The second kappa shape index (κ2) is 5.41. The van der Waals surface area contributed by atoms with Crippen LogP contribution >= 0.6 is 11.6 Å². The number of hydrogen-bond donors (Lipinski definition) is 2. The predicted molar refractivity (Wildman–Crippen MR) is 75.1 cm³/mol. The molecule has 0 radical (unpaired) electrons. The summed E-state index contributed by atoms with van der Waals surface area (Å²) in [6.45, 7) is 10.1. The topological polar surface area (TPSA) is 58.0 Å². The first kappa shape index (κ1) is 15.2. The summed E-state index contributed by atoms with van der Waals surface area (Å²) in [6.07, 6.45) is 0.788. The minimum atomic E-state index is -0.396. The summed E-state index contributed by atoms with van der Waals surface area (Å²) in [5.74, 6) is 1.34. The highest BCUT2D eigenvalue weighted by atomic mass is 35.5. The molecule has 2 N–H and O–H groups in total. The summed E-state index contributed by atoms with van der Waals surface area (Å²) in [6, 6.07) is 1.68. The monoisotopic (exact) mass is 271 g/mol. The Kier molecular flexibility index (Phi) is 4.56. The Bertz CT molecular complexity index is 411. The van der Waals surface area contributed by atoms with Gasteiger partial charge in [-0.05, 0) is 13.3 Å². The lowest BCUT2D eigenvalue weighted by molar-refractivity contribution is 0.218. The van der Waals surface area contributed by atoms with Crippen LogP contribution in [0.1, 0.15) is 46.9 Å². The van der Waals surface area contributed by atoms with Gasteiger partial charge in [-0.1, -0.05) is 39.3 Å². The summed E-state index contributed by atoms with van der Waals surface area (Å²) in [5, 5.41) is 13.0. The summed E-state index contributed by atoms with van der Waals surface area (Å²) < 4.78 is 0. The lowest BCUT2D eigenvalue weighted by Crippen LogP contribution is -2.38. The van der Waals surface area contributed by atoms with Crippen LogP contribution in [0, 0.1) is 0 Å². The van der Waals surface area contributed by atoms with Gasteiger partial charge in [-0.3, -0.25) is 0 Å². The molecule has 0 fully saturated rings. The molecule has 0 aliphatic rings. The maximum atomic E-state index is 9.41. The van der Waals surface area contributed by atoms with Crippen molar-refractivity contribution in [1.82, 2.24) is 9.97 Å². The largest absolute Gasteiger partial charge is 0.394 e. The second-order valence-corrected chi connectivity index (χ2v) is 6.23. The van der Waals surface area contributed by atoms with Gasteiger partial charge in [0, 0.05) is 11.5 Å². The normalized spacial score (nSPS) is 15.3. The fraction of sp³-hybridized carbons (Fsp3) is 0.692. The molecule has 1 rings (SSSR count). The first-order valence-corrected chi connectivity index (χ1v) is 6.52. The van der Waals surface area contributed by atoms with Crippen LogP contribution in [0.3, 0.4) is 0 Å². The molecule has 5 heteroatoms. The van der Waals surface area contributed by atoms with E-state index in [1.54, 1.807) is 6.07 Å². The molecule has 102 valence electrons. The van der Waals surface area contributed by atoms with E-state index >= 15 is 0 Å². The molecule has 1 heterocycles. The lowest BCUT2D eigenvalue weighted by Gasteiger charge is -2.28. The van der Waals surface area contributed by atoms with Crippen molar-refractivity contribution in [1.29, 1.82) is 0 Å². The van der Waals surface area contributed by atoms with Crippen molar-refractivity contribution < 1.29 is 5.11 Å². The number of aromatic nitrogens is 2. The fourth-order valence-electron chi connectivity index (χ4n) is 1.37. The maximum Gasteiger partial charge on any atom is 0.137 e. The van der Waals surface area contributed by atoms with Gasteiger partial charge in [0.05, 0.1) is 12.1 Å². The van der Waals surface area contributed by atoms with Crippen LogP contribution in [0.25, 0.3) is 0 Å². The molecule has 0 amide bonds. The Labute approximate surface area is 114 Å². The van der Waals surface area contributed by atoms with Gasteiger partial charge in [-0.15, -0.1) is 0 Å². The maximum absolute atomic E-state index is 9.41. The van der Waals surface area contributed by atoms with E-state index in [9.17, 15) is 5.11 Å². The van der Waals surface area contributed by atoms with E-state index in [-0.39, 0.29) is 12.0 Å². The molecular formula is C13H22ClN3O. The molecule has 0 aliphatic carbocycles. The standard InChI is InChI=1S/C13H22ClN3O/c1-6-13(5,8-18)17-10-7-9(14)15-11(16-10)12(2,3)4/h7,18H,6,8H2,1-5H3,(H,15,16,17). The molecule has 0 bridgehead atoms. The predicted octanol–water partition coefficient (Wildman–Crippen LogP) is 3.00. The van der Waals surface area contributed by atoms with Gasteiger partial charge >= 0.3 is 0 Å². The lowest BCUT2D eigenvalue weighted by atomic mass is 9.95. The Balaban J connectivity index is 3.08. The molecule has 0 saturated carbocycles. The number of hydrogen-bond acceptors (Lipinski definition) is 4. The van der Waals surface area contributed by atoms with Crippen LogP contribution in [0.2, 0.25) is 5.15 Å². The molecule has 1 aromatic rings. The quantitative estimate of drug-likeness (QED) is 0.827. The minimum Gasteiger partial charge on any atom is -0.394 e. The van der Waals surface area contributed by atoms with E-state index < -0.39 is 5.54 Å². The van der Waals surface area contributed by atoms with Crippen molar-refractivity contribution in [2.75, 3.05) is 11.9 Å². The molecule has 0 aliphatic heterocycles. The second-order valence-electron chi connectivity index (χ2n) is 5.85. The number of halogens is 1. The van der Waals surface area contributed by atoms with Crippen molar-refractivity contribution in [3.8, 4) is 0 Å². The molecular weight excluding hydrogens is 250 g/mol. The SMILES string of the molecule is CCC(C)(CO)Nc1cc(Cl)nc(C(C)(C)C)n1. The highest BCUT2D eigenvalue weighted by Gasteiger charge is 2.23. The van der Waals surface area contributed by atoms with Crippen LogP contribution in [0.15, 0.2) is 6.07 Å². The van der Waals surface area contributed by atoms with Gasteiger partial charge in [-0.2, -0.15) is 0 Å². The van der Waals surface area contributed by atoms with Gasteiger partial charge < -0.3 is 10.4 Å². The highest BCUT2D eigenvalue weighted by Crippen LogP contribution is 2.24. The zero-order valence-corrected chi connectivity index (χ0v) is 12.5.